The second kappa shape index (κ2) is 10.2. The number of ether oxygens (including phenoxy) is 4. The summed E-state index contributed by atoms with van der Waals surface area (Å²) in [7, 11) is 0. The van der Waals surface area contributed by atoms with E-state index in [4.69, 9.17) is 30.5 Å². The number of carbonyl (C=O) groups is 2. The van der Waals surface area contributed by atoms with Crippen molar-refractivity contribution in [3.8, 4) is 17.2 Å². The molecule has 0 saturated carbocycles. The molecule has 0 fully saturated rings. The molecule has 1 aliphatic heterocycles. The predicted octanol–water partition coefficient (Wildman–Crippen LogP) is 3.01. The molecule has 3 rings (SSSR count). The zero-order valence-corrected chi connectivity index (χ0v) is 17.7. The monoisotopic (exact) mass is 433 g/mol. The van der Waals surface area contributed by atoms with Crippen LogP contribution in [0.4, 0.5) is 0 Å². The average molecular weight is 434 g/mol. The van der Waals surface area contributed by atoms with E-state index in [2.05, 4.69) is 5.32 Å². The van der Waals surface area contributed by atoms with Crippen LogP contribution >= 0.6 is 11.6 Å². The highest BCUT2D eigenvalue weighted by molar-refractivity contribution is 6.30. The van der Waals surface area contributed by atoms with Gasteiger partial charge in [-0.3, -0.25) is 4.79 Å². The first-order valence-electron chi connectivity index (χ1n) is 9.63. The van der Waals surface area contributed by atoms with Crippen LogP contribution < -0.4 is 19.5 Å². The topological polar surface area (TPSA) is 83.1 Å². The van der Waals surface area contributed by atoms with Crippen molar-refractivity contribution in [3.63, 3.8) is 0 Å². The van der Waals surface area contributed by atoms with Gasteiger partial charge < -0.3 is 24.3 Å². The molecule has 1 aliphatic rings. The lowest BCUT2D eigenvalue weighted by Gasteiger charge is -2.18. The molecule has 0 radical (unpaired) electrons. The van der Waals surface area contributed by atoms with Gasteiger partial charge in [-0.1, -0.05) is 17.7 Å². The maximum absolute atomic E-state index is 11.9. The van der Waals surface area contributed by atoms with E-state index < -0.39 is 5.97 Å². The molecule has 1 N–H and O–H groups in total. The SMILES string of the molecule is Cc1cc(Cl)cc(C)c1OCC(=O)OCC(=O)NCCc1ccc2c(c1)OCCO2. The summed E-state index contributed by atoms with van der Waals surface area (Å²) in [6, 6.07) is 9.20. The first kappa shape index (κ1) is 21.8. The van der Waals surface area contributed by atoms with Gasteiger partial charge >= 0.3 is 5.97 Å². The molecule has 0 bridgehead atoms. The molecule has 1 amide bonds. The van der Waals surface area contributed by atoms with E-state index in [1.165, 1.54) is 0 Å². The summed E-state index contributed by atoms with van der Waals surface area (Å²) in [6.07, 6.45) is 0.620. The Labute approximate surface area is 180 Å². The Morgan fingerprint density at radius 3 is 2.47 bits per heavy atom. The fourth-order valence-corrected chi connectivity index (χ4v) is 3.41. The number of rotatable bonds is 8. The first-order valence-corrected chi connectivity index (χ1v) is 10.0. The predicted molar refractivity (Wildman–Crippen MR) is 112 cm³/mol. The standard InChI is InChI=1S/C22H24ClNO6/c1-14-9-17(23)10-15(2)22(14)30-13-21(26)29-12-20(25)24-6-5-16-3-4-18-19(11-16)28-8-7-27-18/h3-4,9-11H,5-8,12-13H2,1-2H3,(H,24,25). The zero-order chi connectivity index (χ0) is 21.5. The van der Waals surface area contributed by atoms with Crippen molar-refractivity contribution in [2.24, 2.45) is 0 Å². The lowest BCUT2D eigenvalue weighted by molar-refractivity contribution is -0.150. The maximum atomic E-state index is 11.9. The van der Waals surface area contributed by atoms with Crippen LogP contribution in [0, 0.1) is 13.8 Å². The van der Waals surface area contributed by atoms with Gasteiger partial charge in [0.2, 0.25) is 0 Å². The Morgan fingerprint density at radius 2 is 1.73 bits per heavy atom. The number of carbonyl (C=O) groups excluding carboxylic acids is 2. The maximum Gasteiger partial charge on any atom is 0.344 e. The molecule has 0 spiro atoms. The molecule has 0 aliphatic carbocycles. The van der Waals surface area contributed by atoms with Gasteiger partial charge in [0.1, 0.15) is 19.0 Å². The molecule has 2 aromatic rings. The van der Waals surface area contributed by atoms with E-state index in [1.54, 1.807) is 12.1 Å². The summed E-state index contributed by atoms with van der Waals surface area (Å²) >= 11 is 5.98. The Bertz CT molecular complexity index is 907. The van der Waals surface area contributed by atoms with Gasteiger partial charge in [0.25, 0.3) is 5.91 Å². The van der Waals surface area contributed by atoms with E-state index in [-0.39, 0.29) is 19.1 Å². The second-order valence-electron chi connectivity index (χ2n) is 6.90. The number of hydrogen-bond acceptors (Lipinski definition) is 6. The van der Waals surface area contributed by atoms with Gasteiger partial charge in [0.15, 0.2) is 24.7 Å². The average Bonchev–Trinajstić information content (AvgIpc) is 2.71. The summed E-state index contributed by atoms with van der Waals surface area (Å²) in [4.78, 5) is 23.8. The second-order valence-corrected chi connectivity index (χ2v) is 7.33. The highest BCUT2D eigenvalue weighted by Crippen LogP contribution is 2.30. The molecule has 30 heavy (non-hydrogen) atoms. The molecule has 0 saturated heterocycles. The first-order chi connectivity index (χ1) is 14.4. The normalized spacial score (nSPS) is 12.2. The number of nitrogens with one attached hydrogen (secondary N) is 1. The van der Waals surface area contributed by atoms with Crippen LogP contribution in [0.3, 0.4) is 0 Å². The number of aryl methyl sites for hydroxylation is 2. The number of amides is 1. The van der Waals surface area contributed by atoms with Crippen molar-refractivity contribution < 1.29 is 28.5 Å². The third-order valence-electron chi connectivity index (χ3n) is 4.47. The van der Waals surface area contributed by atoms with Crippen molar-refractivity contribution in [1.29, 1.82) is 0 Å². The number of benzene rings is 2. The van der Waals surface area contributed by atoms with Gasteiger partial charge in [-0.05, 0) is 61.2 Å². The Kier molecular flexibility index (Phi) is 7.41. The quantitative estimate of drug-likeness (QED) is 0.644. The summed E-state index contributed by atoms with van der Waals surface area (Å²) in [5.41, 5.74) is 2.66. The Hall–Kier alpha value is -2.93. The van der Waals surface area contributed by atoms with Gasteiger partial charge in [-0.25, -0.2) is 4.79 Å². The number of hydrogen-bond donors (Lipinski definition) is 1. The molecule has 0 aromatic heterocycles. The van der Waals surface area contributed by atoms with Gasteiger partial charge in [0.05, 0.1) is 0 Å². The minimum atomic E-state index is -0.620. The van der Waals surface area contributed by atoms with E-state index in [1.807, 2.05) is 32.0 Å². The molecule has 0 atom stereocenters. The van der Waals surface area contributed by atoms with Gasteiger partial charge in [0, 0.05) is 11.6 Å². The minimum Gasteiger partial charge on any atom is -0.486 e. The Morgan fingerprint density at radius 1 is 1.03 bits per heavy atom. The van der Waals surface area contributed by atoms with Crippen molar-refractivity contribution in [1.82, 2.24) is 5.32 Å². The molecule has 8 heteroatoms. The molecule has 2 aromatic carbocycles. The van der Waals surface area contributed by atoms with E-state index in [9.17, 15) is 9.59 Å². The number of halogens is 1. The minimum absolute atomic E-state index is 0.284. The van der Waals surface area contributed by atoms with E-state index in [0.717, 1.165) is 22.4 Å². The summed E-state index contributed by atoms with van der Waals surface area (Å²) < 4.78 is 21.5. The van der Waals surface area contributed by atoms with Crippen LogP contribution in [0.5, 0.6) is 17.2 Å². The number of fused-ring (bicyclic) bond motifs is 1. The van der Waals surface area contributed by atoms with Crippen molar-refractivity contribution in [2.75, 3.05) is 33.0 Å². The van der Waals surface area contributed by atoms with Crippen molar-refractivity contribution in [3.05, 3.63) is 52.0 Å². The highest BCUT2D eigenvalue weighted by atomic mass is 35.5. The summed E-state index contributed by atoms with van der Waals surface area (Å²) in [6.45, 7) is 4.53. The van der Waals surface area contributed by atoms with E-state index >= 15 is 0 Å². The largest absolute Gasteiger partial charge is 0.486 e. The Balaban J connectivity index is 1.36. The molecule has 0 unspecified atom stereocenters. The van der Waals surface area contributed by atoms with E-state index in [0.29, 0.717) is 42.7 Å². The van der Waals surface area contributed by atoms with Crippen LogP contribution in [-0.4, -0.2) is 44.8 Å². The van der Waals surface area contributed by atoms with Crippen molar-refractivity contribution >= 4 is 23.5 Å². The fraction of sp³-hybridized carbons (Fsp3) is 0.364. The summed E-state index contributed by atoms with van der Waals surface area (Å²) in [5, 5.41) is 3.33. The third-order valence-corrected chi connectivity index (χ3v) is 4.68. The molecular weight excluding hydrogens is 410 g/mol. The van der Waals surface area contributed by atoms with Crippen LogP contribution in [0.25, 0.3) is 0 Å². The zero-order valence-electron chi connectivity index (χ0n) is 17.0. The fourth-order valence-electron chi connectivity index (χ4n) is 3.08. The lowest BCUT2D eigenvalue weighted by Crippen LogP contribution is -2.31. The van der Waals surface area contributed by atoms with Crippen LogP contribution in [0.2, 0.25) is 5.02 Å². The molecule has 1 heterocycles. The van der Waals surface area contributed by atoms with Crippen molar-refractivity contribution in [2.45, 2.75) is 20.3 Å². The van der Waals surface area contributed by atoms with Crippen LogP contribution in [0.15, 0.2) is 30.3 Å². The molecule has 160 valence electrons. The van der Waals surface area contributed by atoms with Crippen LogP contribution in [0.1, 0.15) is 16.7 Å². The summed E-state index contributed by atoms with van der Waals surface area (Å²) in [5.74, 6) is 1.03. The molecule has 7 nitrogen and oxygen atoms in total. The highest BCUT2D eigenvalue weighted by Gasteiger charge is 2.13. The lowest BCUT2D eigenvalue weighted by atomic mass is 10.1. The third kappa shape index (κ3) is 6.03. The van der Waals surface area contributed by atoms with Gasteiger partial charge in [-0.15, -0.1) is 0 Å². The van der Waals surface area contributed by atoms with Crippen LogP contribution in [-0.2, 0) is 20.7 Å². The van der Waals surface area contributed by atoms with Gasteiger partial charge in [-0.2, -0.15) is 0 Å². The number of esters is 1. The smallest absolute Gasteiger partial charge is 0.344 e. The molecular formula is C22H24ClNO6.